The van der Waals surface area contributed by atoms with Crippen molar-refractivity contribution in [3.63, 3.8) is 0 Å². The normalized spacial score (nSPS) is 18.0. The Morgan fingerprint density at radius 1 is 0.900 bits per heavy atom. The van der Waals surface area contributed by atoms with Gasteiger partial charge in [-0.2, -0.15) is 9.40 Å². The molecule has 1 unspecified atom stereocenters. The van der Waals surface area contributed by atoms with Crippen molar-refractivity contribution in [1.29, 1.82) is 0 Å². The van der Waals surface area contributed by atoms with Crippen molar-refractivity contribution in [3.8, 4) is 5.69 Å². The predicted molar refractivity (Wildman–Crippen MR) is 120 cm³/mol. The molecule has 0 aliphatic carbocycles. The molecule has 1 fully saturated rings. The van der Waals surface area contributed by atoms with Gasteiger partial charge >= 0.3 is 0 Å². The van der Waals surface area contributed by atoms with Crippen LogP contribution >= 0.6 is 0 Å². The van der Waals surface area contributed by atoms with Gasteiger partial charge in [0.05, 0.1) is 17.1 Å². The molecule has 3 aromatic rings. The molecule has 158 valence electrons. The summed E-state index contributed by atoms with van der Waals surface area (Å²) < 4.78 is 30.4. The number of benzene rings is 2. The summed E-state index contributed by atoms with van der Waals surface area (Å²) >= 11 is 0. The molecule has 30 heavy (non-hydrogen) atoms. The smallest absolute Gasteiger partial charge is 0.246 e. The van der Waals surface area contributed by atoms with Crippen molar-refractivity contribution in [3.05, 3.63) is 71.5 Å². The number of piperazine rings is 1. The van der Waals surface area contributed by atoms with E-state index in [2.05, 4.69) is 48.1 Å². The lowest BCUT2D eigenvalue weighted by molar-refractivity contribution is 0.342. The van der Waals surface area contributed by atoms with Crippen LogP contribution in [-0.4, -0.2) is 48.2 Å². The van der Waals surface area contributed by atoms with E-state index < -0.39 is 10.0 Å². The predicted octanol–water partition coefficient (Wildman–Crippen LogP) is 3.70. The number of hydrogen-bond donors (Lipinski definition) is 0. The zero-order valence-corrected chi connectivity index (χ0v) is 18.7. The number of anilines is 1. The molecule has 0 saturated carbocycles. The molecule has 7 heteroatoms. The van der Waals surface area contributed by atoms with Gasteiger partial charge in [0.2, 0.25) is 10.0 Å². The summed E-state index contributed by atoms with van der Waals surface area (Å²) in [6.45, 7) is 9.31. The van der Waals surface area contributed by atoms with Crippen molar-refractivity contribution < 1.29 is 8.42 Å². The molecule has 0 N–H and O–H groups in total. The van der Waals surface area contributed by atoms with Gasteiger partial charge in [-0.1, -0.05) is 35.9 Å². The van der Waals surface area contributed by atoms with Gasteiger partial charge in [-0.15, -0.1) is 0 Å². The molecule has 1 aliphatic rings. The van der Waals surface area contributed by atoms with E-state index in [-0.39, 0.29) is 6.04 Å². The Kier molecular flexibility index (Phi) is 5.42. The van der Waals surface area contributed by atoms with Crippen molar-refractivity contribution in [2.75, 3.05) is 24.5 Å². The van der Waals surface area contributed by atoms with Crippen LogP contribution in [-0.2, 0) is 10.0 Å². The summed E-state index contributed by atoms with van der Waals surface area (Å²) in [5, 5.41) is 4.53. The molecule has 1 saturated heterocycles. The second-order valence-electron chi connectivity index (χ2n) is 7.99. The lowest BCUT2D eigenvalue weighted by Crippen LogP contribution is -2.53. The average Bonchev–Trinajstić information content (AvgIpc) is 3.04. The first-order chi connectivity index (χ1) is 14.3. The van der Waals surface area contributed by atoms with Crippen LogP contribution in [0.1, 0.15) is 23.9 Å². The number of hydrogen-bond acceptors (Lipinski definition) is 4. The molecule has 1 atom stereocenters. The van der Waals surface area contributed by atoms with Gasteiger partial charge in [-0.3, -0.25) is 0 Å². The number of sulfonamides is 1. The number of rotatable bonds is 4. The monoisotopic (exact) mass is 424 g/mol. The topological polar surface area (TPSA) is 58.4 Å². The van der Waals surface area contributed by atoms with Crippen LogP contribution in [0.5, 0.6) is 0 Å². The second-order valence-corrected chi connectivity index (χ2v) is 9.86. The number of nitrogens with zero attached hydrogens (tertiary/aromatic N) is 4. The van der Waals surface area contributed by atoms with Crippen molar-refractivity contribution in [2.24, 2.45) is 0 Å². The van der Waals surface area contributed by atoms with Crippen LogP contribution in [0.15, 0.2) is 59.5 Å². The van der Waals surface area contributed by atoms with Crippen molar-refractivity contribution in [2.45, 2.75) is 38.6 Å². The van der Waals surface area contributed by atoms with E-state index in [1.165, 1.54) is 5.56 Å². The highest BCUT2D eigenvalue weighted by Gasteiger charge is 2.36. The zero-order valence-electron chi connectivity index (χ0n) is 17.9. The molecule has 0 bridgehead atoms. The van der Waals surface area contributed by atoms with E-state index in [1.807, 2.05) is 37.3 Å². The molecule has 0 amide bonds. The van der Waals surface area contributed by atoms with E-state index in [1.54, 1.807) is 15.9 Å². The number of aryl methyl sites for hydroxylation is 2. The minimum Gasteiger partial charge on any atom is -0.366 e. The van der Waals surface area contributed by atoms with Gasteiger partial charge in [-0.05, 0) is 52.0 Å². The first kappa shape index (κ1) is 20.6. The Bertz CT molecular complexity index is 1140. The van der Waals surface area contributed by atoms with Gasteiger partial charge in [0, 0.05) is 31.4 Å². The maximum atomic E-state index is 13.6. The quantitative estimate of drug-likeness (QED) is 0.641. The van der Waals surface area contributed by atoms with Crippen LogP contribution in [0.2, 0.25) is 0 Å². The van der Waals surface area contributed by atoms with E-state index in [0.717, 1.165) is 11.4 Å². The van der Waals surface area contributed by atoms with Crippen molar-refractivity contribution in [1.82, 2.24) is 14.1 Å². The third-order valence-electron chi connectivity index (χ3n) is 5.78. The first-order valence-corrected chi connectivity index (χ1v) is 11.7. The first-order valence-electron chi connectivity index (χ1n) is 10.2. The van der Waals surface area contributed by atoms with Crippen LogP contribution < -0.4 is 4.90 Å². The molecular formula is C23H28N4O2S. The molecule has 0 spiro atoms. The highest BCUT2D eigenvalue weighted by molar-refractivity contribution is 7.89. The van der Waals surface area contributed by atoms with Gasteiger partial charge in [-0.25, -0.2) is 13.1 Å². The summed E-state index contributed by atoms with van der Waals surface area (Å²) in [6.07, 6.45) is 0. The van der Waals surface area contributed by atoms with Crippen LogP contribution in [0.3, 0.4) is 0 Å². The SMILES string of the molecule is Cc1ccc(N2CCN(S(=O)(=O)c3c(C)nn(-c4ccccc4)c3C)CC2C)cc1. The third kappa shape index (κ3) is 3.63. The Morgan fingerprint density at radius 2 is 1.57 bits per heavy atom. The second kappa shape index (κ2) is 7.89. The molecule has 1 aromatic heterocycles. The minimum atomic E-state index is -3.63. The standard InChI is InChI=1S/C23H28N4O2S/c1-17-10-12-21(13-11-17)26-15-14-25(16-18(26)2)30(28,29)23-19(3)24-27(20(23)4)22-8-6-5-7-9-22/h5-13,18H,14-16H2,1-4H3. The summed E-state index contributed by atoms with van der Waals surface area (Å²) in [5.74, 6) is 0. The Balaban J connectivity index is 1.61. The summed E-state index contributed by atoms with van der Waals surface area (Å²) in [7, 11) is -3.63. The molecule has 2 aromatic carbocycles. The third-order valence-corrected chi connectivity index (χ3v) is 7.90. The molecule has 0 radical (unpaired) electrons. The van der Waals surface area contributed by atoms with Gasteiger partial charge in [0.25, 0.3) is 0 Å². The largest absolute Gasteiger partial charge is 0.366 e. The molecule has 1 aliphatic heterocycles. The van der Waals surface area contributed by atoms with Crippen molar-refractivity contribution >= 4 is 15.7 Å². The lowest BCUT2D eigenvalue weighted by Gasteiger charge is -2.40. The summed E-state index contributed by atoms with van der Waals surface area (Å²) in [4.78, 5) is 2.60. The Morgan fingerprint density at radius 3 is 2.20 bits per heavy atom. The van der Waals surface area contributed by atoms with Crippen LogP contribution in [0.25, 0.3) is 5.69 Å². The summed E-state index contributed by atoms with van der Waals surface area (Å²) in [5.41, 5.74) is 4.39. The fraction of sp³-hybridized carbons (Fsp3) is 0.348. The van der Waals surface area contributed by atoms with E-state index in [4.69, 9.17) is 0 Å². The fourth-order valence-electron chi connectivity index (χ4n) is 4.21. The van der Waals surface area contributed by atoms with Gasteiger partial charge < -0.3 is 4.90 Å². The van der Waals surface area contributed by atoms with E-state index in [0.29, 0.717) is 35.9 Å². The minimum absolute atomic E-state index is 0.0843. The lowest BCUT2D eigenvalue weighted by atomic mass is 10.1. The van der Waals surface area contributed by atoms with E-state index in [9.17, 15) is 8.42 Å². The van der Waals surface area contributed by atoms with Gasteiger partial charge in [0.1, 0.15) is 4.90 Å². The number of aromatic nitrogens is 2. The fourth-order valence-corrected chi connectivity index (χ4v) is 6.08. The highest BCUT2D eigenvalue weighted by atomic mass is 32.2. The zero-order chi connectivity index (χ0) is 21.5. The Hall–Kier alpha value is -2.64. The molecule has 6 nitrogen and oxygen atoms in total. The van der Waals surface area contributed by atoms with Crippen LogP contribution in [0, 0.1) is 20.8 Å². The Labute approximate surface area is 178 Å². The maximum Gasteiger partial charge on any atom is 0.246 e. The molecule has 4 rings (SSSR count). The number of para-hydroxylation sites is 1. The highest BCUT2D eigenvalue weighted by Crippen LogP contribution is 2.29. The van der Waals surface area contributed by atoms with Crippen LogP contribution in [0.4, 0.5) is 5.69 Å². The molecular weight excluding hydrogens is 396 g/mol. The average molecular weight is 425 g/mol. The molecule has 2 heterocycles. The van der Waals surface area contributed by atoms with E-state index >= 15 is 0 Å². The summed E-state index contributed by atoms with van der Waals surface area (Å²) in [6, 6.07) is 18.1. The maximum absolute atomic E-state index is 13.6. The van der Waals surface area contributed by atoms with Gasteiger partial charge in [0.15, 0.2) is 0 Å².